The second-order valence-electron chi connectivity index (χ2n) is 15.7. The fraction of sp³-hybridized carbons (Fsp3) is 0.941. The Bertz CT molecular complexity index is 1500. The van der Waals surface area contributed by atoms with Crippen molar-refractivity contribution >= 4 is 11.9 Å². The average molecular weight is 944 g/mol. The highest BCUT2D eigenvalue weighted by Gasteiger charge is 2.62. The SMILES string of the molecule is O=C(CO)N[C@H]1[C@H]([C@H](O)[C@H](O)CO)O[C@@](O[C@H]2[C@@H](O)[C@@H](CO)O[C@@H](O[C@H]3[C@H](O)[C@@H](O)[C@H](O)O[C@@H]3CO)[C@@H]2O)(C(=O)O)C[C@@H]1O[C@@H]1O[C@H](CO[C@@H]2O[C@H](CO)[C@@H](O)[C@@H]2O)[C@H](O)[C@H](O)[C@H]1O. The van der Waals surface area contributed by atoms with Crippen LogP contribution in [0.25, 0.3) is 0 Å². The van der Waals surface area contributed by atoms with E-state index in [1.807, 2.05) is 0 Å². The summed E-state index contributed by atoms with van der Waals surface area (Å²) in [6, 6.07) is -1.96. The summed E-state index contributed by atoms with van der Waals surface area (Å²) < 4.78 is 49.7. The number of carboxylic acid groups (broad SMARTS) is 1. The number of aliphatic carboxylic acids is 1. The molecule has 0 unspecified atom stereocenters. The van der Waals surface area contributed by atoms with Crippen molar-refractivity contribution in [3.63, 3.8) is 0 Å². The molecule has 64 heavy (non-hydrogen) atoms. The summed E-state index contributed by atoms with van der Waals surface area (Å²) in [6.07, 6.45) is -47.5. The molecule has 0 bridgehead atoms. The van der Waals surface area contributed by atoms with E-state index in [0.717, 1.165) is 0 Å². The third-order valence-electron chi connectivity index (χ3n) is 11.4. The summed E-state index contributed by atoms with van der Waals surface area (Å²) in [5.74, 6) is -6.81. The molecule has 5 saturated heterocycles. The van der Waals surface area contributed by atoms with Gasteiger partial charge in [-0.25, -0.2) is 4.79 Å². The van der Waals surface area contributed by atoms with Gasteiger partial charge in [0.25, 0.3) is 5.79 Å². The Morgan fingerprint density at radius 3 is 1.77 bits per heavy atom. The van der Waals surface area contributed by atoms with E-state index in [1.165, 1.54) is 0 Å². The number of carbonyl (C=O) groups is 2. The van der Waals surface area contributed by atoms with Crippen molar-refractivity contribution in [1.82, 2.24) is 5.32 Å². The highest BCUT2D eigenvalue weighted by atomic mass is 16.8. The second kappa shape index (κ2) is 22.3. The Kier molecular flexibility index (Phi) is 18.5. The summed E-state index contributed by atoms with van der Waals surface area (Å²) in [5.41, 5.74) is 0. The molecule has 25 atom stereocenters. The molecular weight excluding hydrogens is 886 g/mol. The van der Waals surface area contributed by atoms with Crippen LogP contribution < -0.4 is 5.32 Å². The number of aliphatic hydroxyl groups excluding tert-OH is 17. The van der Waals surface area contributed by atoms with Gasteiger partial charge in [-0.2, -0.15) is 0 Å². The lowest BCUT2D eigenvalue weighted by Gasteiger charge is -2.52. The van der Waals surface area contributed by atoms with Crippen molar-refractivity contribution in [3.05, 3.63) is 0 Å². The number of carboxylic acids is 1. The number of ether oxygens (including phenoxy) is 9. The molecule has 0 aliphatic carbocycles. The maximum atomic E-state index is 13.4. The first-order valence-corrected chi connectivity index (χ1v) is 19.8. The minimum absolute atomic E-state index is 0.738. The van der Waals surface area contributed by atoms with E-state index in [-0.39, 0.29) is 0 Å². The van der Waals surface area contributed by atoms with E-state index < -0.39 is 211 Å². The number of nitrogens with one attached hydrogen (secondary N) is 1. The summed E-state index contributed by atoms with van der Waals surface area (Å²) in [4.78, 5) is 26.1. The predicted molar refractivity (Wildman–Crippen MR) is 191 cm³/mol. The van der Waals surface area contributed by atoms with Crippen LogP contribution in [0.5, 0.6) is 0 Å². The van der Waals surface area contributed by atoms with Gasteiger partial charge in [-0.15, -0.1) is 0 Å². The summed E-state index contributed by atoms with van der Waals surface area (Å²) >= 11 is 0. The average Bonchev–Trinajstić information content (AvgIpc) is 3.56. The van der Waals surface area contributed by atoms with Crippen molar-refractivity contribution in [2.24, 2.45) is 0 Å². The van der Waals surface area contributed by atoms with Crippen LogP contribution in [0, 0.1) is 0 Å². The topological polar surface area (TPSA) is 493 Å². The fourth-order valence-corrected chi connectivity index (χ4v) is 7.80. The van der Waals surface area contributed by atoms with Gasteiger partial charge >= 0.3 is 5.97 Å². The summed E-state index contributed by atoms with van der Waals surface area (Å²) in [7, 11) is 0. The number of carbonyl (C=O) groups excluding carboxylic acids is 1. The zero-order valence-corrected chi connectivity index (χ0v) is 33.3. The molecule has 0 aromatic carbocycles. The number of hydrogen-bond acceptors (Lipinski definition) is 28. The first kappa shape index (κ1) is 52.9. The van der Waals surface area contributed by atoms with Crippen molar-refractivity contribution in [1.29, 1.82) is 0 Å². The third-order valence-corrected chi connectivity index (χ3v) is 11.4. The van der Waals surface area contributed by atoms with Crippen molar-refractivity contribution in [3.8, 4) is 0 Å². The number of hydrogen-bond donors (Lipinski definition) is 19. The highest BCUT2D eigenvalue weighted by molar-refractivity contribution is 5.78. The van der Waals surface area contributed by atoms with Crippen molar-refractivity contribution in [2.45, 2.75) is 159 Å². The molecular formula is C34H57NO29. The van der Waals surface area contributed by atoms with Gasteiger partial charge in [-0.3, -0.25) is 4.79 Å². The maximum Gasteiger partial charge on any atom is 0.364 e. The summed E-state index contributed by atoms with van der Waals surface area (Å²) in [5, 5.41) is 190. The van der Waals surface area contributed by atoms with E-state index in [1.54, 1.807) is 0 Å². The van der Waals surface area contributed by atoms with Gasteiger partial charge in [0.2, 0.25) is 5.91 Å². The van der Waals surface area contributed by atoms with Gasteiger partial charge in [-0.1, -0.05) is 0 Å². The van der Waals surface area contributed by atoms with Gasteiger partial charge in [0.15, 0.2) is 25.2 Å². The van der Waals surface area contributed by atoms with E-state index in [4.69, 9.17) is 42.6 Å². The molecule has 372 valence electrons. The molecule has 30 heteroatoms. The van der Waals surface area contributed by atoms with Gasteiger partial charge in [0.1, 0.15) is 116 Å². The Morgan fingerprint density at radius 1 is 0.625 bits per heavy atom. The Balaban J connectivity index is 1.49. The van der Waals surface area contributed by atoms with Crippen molar-refractivity contribution in [2.75, 3.05) is 39.6 Å². The lowest BCUT2D eigenvalue weighted by Crippen LogP contribution is -2.72. The van der Waals surface area contributed by atoms with Gasteiger partial charge in [0.05, 0.1) is 45.2 Å². The van der Waals surface area contributed by atoms with Crippen LogP contribution in [0.15, 0.2) is 0 Å². The molecule has 5 heterocycles. The van der Waals surface area contributed by atoms with E-state index in [0.29, 0.717) is 0 Å². The lowest BCUT2D eigenvalue weighted by atomic mass is 9.87. The van der Waals surface area contributed by atoms with Crippen LogP contribution in [-0.4, -0.2) is 296 Å². The molecule has 5 rings (SSSR count). The van der Waals surface area contributed by atoms with Crippen LogP contribution in [-0.2, 0) is 52.2 Å². The monoisotopic (exact) mass is 943 g/mol. The number of aliphatic hydroxyl groups is 17. The molecule has 5 fully saturated rings. The third kappa shape index (κ3) is 10.9. The molecule has 30 nitrogen and oxygen atoms in total. The normalized spacial score (nSPS) is 47.5. The highest BCUT2D eigenvalue weighted by Crippen LogP contribution is 2.40. The smallest absolute Gasteiger partial charge is 0.364 e. The first-order valence-electron chi connectivity index (χ1n) is 19.8. The molecule has 0 radical (unpaired) electrons. The van der Waals surface area contributed by atoms with Crippen LogP contribution in [0.1, 0.15) is 6.42 Å². The van der Waals surface area contributed by atoms with Crippen LogP contribution in [0.2, 0.25) is 0 Å². The fourth-order valence-electron chi connectivity index (χ4n) is 7.80. The molecule has 5 aliphatic rings. The predicted octanol–water partition coefficient (Wildman–Crippen LogP) is -13.0. The minimum Gasteiger partial charge on any atom is -0.477 e. The van der Waals surface area contributed by atoms with E-state index in [9.17, 15) is 102 Å². The Hall–Kier alpha value is -2.10. The molecule has 0 saturated carbocycles. The second-order valence-corrected chi connectivity index (χ2v) is 15.7. The molecule has 19 N–H and O–H groups in total. The molecule has 1 amide bonds. The largest absolute Gasteiger partial charge is 0.477 e. The van der Waals surface area contributed by atoms with Gasteiger partial charge in [-0.05, 0) is 0 Å². The molecule has 0 aromatic heterocycles. The van der Waals surface area contributed by atoms with Gasteiger partial charge < -0.3 is 140 Å². The van der Waals surface area contributed by atoms with Crippen LogP contribution in [0.4, 0.5) is 0 Å². The van der Waals surface area contributed by atoms with Crippen LogP contribution >= 0.6 is 0 Å². The van der Waals surface area contributed by atoms with E-state index >= 15 is 0 Å². The number of amides is 1. The summed E-state index contributed by atoms with van der Waals surface area (Å²) in [6.45, 7) is -6.14. The Labute approximate surface area is 360 Å². The quantitative estimate of drug-likeness (QED) is 0.0607. The lowest BCUT2D eigenvalue weighted by molar-refractivity contribution is -0.391. The van der Waals surface area contributed by atoms with E-state index in [2.05, 4.69) is 5.32 Å². The molecule has 5 aliphatic heterocycles. The minimum atomic E-state index is -3.37. The molecule has 0 aromatic rings. The zero-order chi connectivity index (χ0) is 47.5. The zero-order valence-electron chi connectivity index (χ0n) is 33.3. The Morgan fingerprint density at radius 2 is 1.19 bits per heavy atom. The number of rotatable bonds is 18. The standard InChI is InChI=1S/C34H57NO29/c36-2-8(41)16(43)27-15(35-14(42)6-40)9(58-31-24(51)20(47)18(45)13(61-31)7-56-30-23(50)17(44)10(3-37)59-30)1-34(63-27,33(54)55)64-28-19(46)11(4-38)60-32(25(28)52)62-26-12(5-39)57-29(53)22(49)21(26)48/h8-13,15-32,36-41,43-53H,1-7H2,(H,35,42)(H,54,55)/t8-,9+,10-,11-,12-,13-,15-,16-,17-,18+,19+,20+,21-,22-,23+,24-,25-,26-,27-,28+,29-,30-,31-,32+,34+/m1/s1. The van der Waals surface area contributed by atoms with Crippen molar-refractivity contribution < 1.29 is 144 Å². The molecule has 0 spiro atoms. The first-order chi connectivity index (χ1) is 30.2. The van der Waals surface area contributed by atoms with Gasteiger partial charge in [0, 0.05) is 6.42 Å². The van der Waals surface area contributed by atoms with Crippen LogP contribution in [0.3, 0.4) is 0 Å². The maximum absolute atomic E-state index is 13.4.